The summed E-state index contributed by atoms with van der Waals surface area (Å²) >= 11 is 0. The summed E-state index contributed by atoms with van der Waals surface area (Å²) in [5.74, 6) is -1.17. The number of benzene rings is 3. The molecule has 0 saturated carbocycles. The minimum atomic E-state index is -1.02. The number of carboxylic acids is 1. The van der Waals surface area contributed by atoms with Crippen LogP contribution in [0, 0.1) is 0 Å². The summed E-state index contributed by atoms with van der Waals surface area (Å²) in [6.45, 7) is 0. The van der Waals surface area contributed by atoms with E-state index in [1.807, 2.05) is 36.4 Å². The number of carboxylic acid groups (broad SMARTS) is 1. The third kappa shape index (κ3) is 3.17. The fraction of sp³-hybridized carbons (Fsp3) is 0. The lowest BCUT2D eigenvalue weighted by Gasteiger charge is -2.05. The van der Waals surface area contributed by atoms with Crippen molar-refractivity contribution in [3.63, 3.8) is 0 Å². The second-order valence-corrected chi connectivity index (χ2v) is 5.22. The van der Waals surface area contributed by atoms with Gasteiger partial charge in [0.1, 0.15) is 0 Å². The predicted molar refractivity (Wildman–Crippen MR) is 94.4 cm³/mol. The van der Waals surface area contributed by atoms with Gasteiger partial charge in [-0.25, -0.2) is 4.79 Å². The first-order valence-corrected chi connectivity index (χ1v) is 7.44. The van der Waals surface area contributed by atoms with E-state index in [2.05, 4.69) is 5.32 Å². The van der Waals surface area contributed by atoms with Gasteiger partial charge in [0.2, 0.25) is 0 Å². The molecule has 4 nitrogen and oxygen atoms in total. The Labute approximate surface area is 139 Å². The van der Waals surface area contributed by atoms with Crippen molar-refractivity contribution in [1.29, 1.82) is 0 Å². The molecule has 0 aliphatic heterocycles. The van der Waals surface area contributed by atoms with E-state index in [1.54, 1.807) is 24.3 Å². The van der Waals surface area contributed by atoms with Crippen LogP contribution in [0.25, 0.3) is 10.8 Å². The number of rotatable bonds is 5. The van der Waals surface area contributed by atoms with E-state index in [9.17, 15) is 9.59 Å². The van der Waals surface area contributed by atoms with Crippen molar-refractivity contribution in [1.82, 2.24) is 0 Å². The summed E-state index contributed by atoms with van der Waals surface area (Å²) in [4.78, 5) is 23.6. The van der Waals surface area contributed by atoms with Gasteiger partial charge >= 0.3 is 5.97 Å². The van der Waals surface area contributed by atoms with Gasteiger partial charge in [-0.05, 0) is 22.9 Å². The number of allylic oxidation sites excluding steroid dienone is 1. The molecule has 2 N–H and O–H groups in total. The van der Waals surface area contributed by atoms with Crippen molar-refractivity contribution in [2.24, 2.45) is 0 Å². The maximum atomic E-state index is 12.4. The summed E-state index contributed by atoms with van der Waals surface area (Å²) in [5, 5.41) is 13.9. The third-order valence-electron chi connectivity index (χ3n) is 3.69. The summed E-state index contributed by atoms with van der Waals surface area (Å²) in [7, 11) is 0. The number of para-hydroxylation sites is 1. The van der Waals surface area contributed by atoms with Gasteiger partial charge in [0.15, 0.2) is 5.78 Å². The van der Waals surface area contributed by atoms with E-state index in [4.69, 9.17) is 5.11 Å². The Morgan fingerprint density at radius 3 is 2.33 bits per heavy atom. The summed E-state index contributed by atoms with van der Waals surface area (Å²) in [6, 6.07) is 19.8. The van der Waals surface area contributed by atoms with Crippen LogP contribution in [0.2, 0.25) is 0 Å². The van der Waals surface area contributed by atoms with Gasteiger partial charge in [-0.15, -0.1) is 0 Å². The Bertz CT molecular complexity index is 939. The normalized spacial score (nSPS) is 10.8. The number of fused-ring (bicyclic) bond motifs is 1. The van der Waals surface area contributed by atoms with Crippen LogP contribution in [0.4, 0.5) is 5.69 Å². The zero-order chi connectivity index (χ0) is 16.9. The Balaban J connectivity index is 1.82. The number of carbonyl (C=O) groups is 2. The third-order valence-corrected chi connectivity index (χ3v) is 3.69. The first-order valence-electron chi connectivity index (χ1n) is 7.44. The van der Waals surface area contributed by atoms with E-state index in [-0.39, 0.29) is 11.3 Å². The lowest BCUT2D eigenvalue weighted by Crippen LogP contribution is -2.02. The SMILES string of the molecule is O=C(O)c1ccccc1N/C=C/C(=O)c1cccc2ccccc12. The molecule has 0 heterocycles. The molecule has 3 aromatic rings. The number of ketones is 1. The Kier molecular flexibility index (Phi) is 4.38. The molecule has 0 unspecified atom stereocenters. The van der Waals surface area contributed by atoms with Crippen molar-refractivity contribution in [2.75, 3.05) is 5.32 Å². The van der Waals surface area contributed by atoms with Crippen LogP contribution in [0.3, 0.4) is 0 Å². The molecule has 3 aromatic carbocycles. The molecular formula is C20H15NO3. The van der Waals surface area contributed by atoms with Crippen molar-refractivity contribution >= 4 is 28.2 Å². The maximum absolute atomic E-state index is 12.4. The van der Waals surface area contributed by atoms with Crippen molar-refractivity contribution in [3.05, 3.63) is 90.1 Å². The maximum Gasteiger partial charge on any atom is 0.337 e. The number of hydrogen-bond acceptors (Lipinski definition) is 3. The Hall–Kier alpha value is -3.40. The number of hydrogen-bond donors (Lipinski definition) is 2. The average molecular weight is 317 g/mol. The second-order valence-electron chi connectivity index (χ2n) is 5.22. The standard InChI is InChI=1S/C20H15NO3/c22-19(16-10-5-7-14-6-1-2-8-15(14)16)12-13-21-18-11-4-3-9-17(18)20(23)24/h1-13,21H,(H,23,24)/b13-12+. The minimum Gasteiger partial charge on any atom is -0.478 e. The number of aromatic carboxylic acids is 1. The molecular weight excluding hydrogens is 302 g/mol. The van der Waals surface area contributed by atoms with E-state index in [0.29, 0.717) is 11.3 Å². The van der Waals surface area contributed by atoms with E-state index < -0.39 is 5.97 Å². The summed E-state index contributed by atoms with van der Waals surface area (Å²) < 4.78 is 0. The van der Waals surface area contributed by atoms with Crippen LogP contribution < -0.4 is 5.32 Å². The molecule has 0 bridgehead atoms. The first-order chi connectivity index (χ1) is 11.7. The van der Waals surface area contributed by atoms with E-state index in [0.717, 1.165) is 10.8 Å². The van der Waals surface area contributed by atoms with Crippen LogP contribution in [0.5, 0.6) is 0 Å². The topological polar surface area (TPSA) is 66.4 Å². The number of carbonyl (C=O) groups excluding carboxylic acids is 1. The second kappa shape index (κ2) is 6.79. The smallest absolute Gasteiger partial charge is 0.337 e. The average Bonchev–Trinajstić information content (AvgIpc) is 2.61. The monoisotopic (exact) mass is 317 g/mol. The zero-order valence-corrected chi connectivity index (χ0v) is 12.8. The van der Waals surface area contributed by atoms with E-state index in [1.165, 1.54) is 18.3 Å². The molecule has 0 aliphatic carbocycles. The first kappa shape index (κ1) is 15.5. The Morgan fingerprint density at radius 1 is 0.833 bits per heavy atom. The van der Waals surface area contributed by atoms with Gasteiger partial charge in [0.05, 0.1) is 11.3 Å². The molecule has 0 amide bonds. The molecule has 0 fully saturated rings. The van der Waals surface area contributed by atoms with Gasteiger partial charge in [0.25, 0.3) is 0 Å². The highest BCUT2D eigenvalue weighted by atomic mass is 16.4. The predicted octanol–water partition coefficient (Wildman–Crippen LogP) is 4.35. The lowest BCUT2D eigenvalue weighted by molar-refractivity contribution is 0.0698. The highest BCUT2D eigenvalue weighted by Gasteiger charge is 2.08. The molecule has 0 spiro atoms. The van der Waals surface area contributed by atoms with Crippen LogP contribution in [0.15, 0.2) is 79.0 Å². The largest absolute Gasteiger partial charge is 0.478 e. The molecule has 0 saturated heterocycles. The molecule has 0 atom stereocenters. The molecule has 118 valence electrons. The van der Waals surface area contributed by atoms with E-state index >= 15 is 0 Å². The molecule has 0 radical (unpaired) electrons. The van der Waals surface area contributed by atoms with Crippen LogP contribution in [-0.4, -0.2) is 16.9 Å². The van der Waals surface area contributed by atoms with Crippen molar-refractivity contribution in [2.45, 2.75) is 0 Å². The van der Waals surface area contributed by atoms with Gasteiger partial charge in [0, 0.05) is 17.8 Å². The van der Waals surface area contributed by atoms with Crippen molar-refractivity contribution in [3.8, 4) is 0 Å². The van der Waals surface area contributed by atoms with Gasteiger partial charge in [-0.2, -0.15) is 0 Å². The summed E-state index contributed by atoms with van der Waals surface area (Å²) in [6.07, 6.45) is 2.87. The quantitative estimate of drug-likeness (QED) is 0.542. The fourth-order valence-electron chi connectivity index (χ4n) is 2.53. The molecule has 0 aliphatic rings. The minimum absolute atomic E-state index is 0.146. The van der Waals surface area contributed by atoms with Crippen LogP contribution in [0.1, 0.15) is 20.7 Å². The van der Waals surface area contributed by atoms with Crippen molar-refractivity contribution < 1.29 is 14.7 Å². The molecule has 3 rings (SSSR count). The number of anilines is 1. The molecule has 4 heteroatoms. The van der Waals surface area contributed by atoms with Crippen LogP contribution >= 0.6 is 0 Å². The van der Waals surface area contributed by atoms with Crippen LogP contribution in [-0.2, 0) is 0 Å². The fourth-order valence-corrected chi connectivity index (χ4v) is 2.53. The lowest BCUT2D eigenvalue weighted by atomic mass is 10.0. The van der Waals surface area contributed by atoms with Gasteiger partial charge in [-0.3, -0.25) is 4.79 Å². The molecule has 0 aromatic heterocycles. The summed E-state index contributed by atoms with van der Waals surface area (Å²) in [5.41, 5.74) is 1.20. The van der Waals surface area contributed by atoms with Gasteiger partial charge < -0.3 is 10.4 Å². The number of nitrogens with one attached hydrogen (secondary N) is 1. The Morgan fingerprint density at radius 2 is 1.50 bits per heavy atom. The molecule has 24 heavy (non-hydrogen) atoms. The van der Waals surface area contributed by atoms with Gasteiger partial charge in [-0.1, -0.05) is 54.6 Å². The zero-order valence-electron chi connectivity index (χ0n) is 12.8. The highest BCUT2D eigenvalue weighted by molar-refractivity contribution is 6.13. The highest BCUT2D eigenvalue weighted by Crippen LogP contribution is 2.19.